The van der Waals surface area contributed by atoms with Crippen molar-refractivity contribution in [1.82, 2.24) is 20.2 Å². The lowest BCUT2D eigenvalue weighted by Gasteiger charge is -2.34. The molecule has 0 aromatic carbocycles. The van der Waals surface area contributed by atoms with E-state index in [1.807, 2.05) is 19.2 Å². The van der Waals surface area contributed by atoms with Gasteiger partial charge < -0.3 is 5.32 Å². The van der Waals surface area contributed by atoms with Gasteiger partial charge in [0.15, 0.2) is 0 Å². The van der Waals surface area contributed by atoms with Gasteiger partial charge >= 0.3 is 0 Å². The van der Waals surface area contributed by atoms with Gasteiger partial charge in [-0.2, -0.15) is 0 Å². The van der Waals surface area contributed by atoms with Crippen LogP contribution in [0.5, 0.6) is 0 Å². The molecule has 1 aliphatic rings. The Morgan fingerprint density at radius 2 is 2.08 bits per heavy atom. The summed E-state index contributed by atoms with van der Waals surface area (Å²) in [5.41, 5.74) is 1.99. The van der Waals surface area contributed by atoms with Crippen molar-refractivity contribution in [1.29, 1.82) is 0 Å². The van der Waals surface area contributed by atoms with Gasteiger partial charge in [0.2, 0.25) is 0 Å². The van der Waals surface area contributed by atoms with Gasteiger partial charge in [0.05, 0.1) is 16.7 Å². The molecule has 2 aromatic heterocycles. The SMILES string of the molecule is Cc1nc(C(C)C)sc1C(=O)NC[C@@H](c1cccnc1)N1CCCCC1. The molecule has 3 heterocycles. The van der Waals surface area contributed by atoms with Crippen molar-refractivity contribution >= 4 is 17.2 Å². The Morgan fingerprint density at radius 3 is 2.69 bits per heavy atom. The predicted octanol–water partition coefficient (Wildman–Crippen LogP) is 3.93. The molecule has 26 heavy (non-hydrogen) atoms. The first-order valence-electron chi connectivity index (χ1n) is 9.45. The molecule has 140 valence electrons. The molecule has 0 radical (unpaired) electrons. The molecule has 6 heteroatoms. The molecule has 1 amide bonds. The highest BCUT2D eigenvalue weighted by Gasteiger charge is 2.24. The molecule has 0 unspecified atom stereocenters. The zero-order chi connectivity index (χ0) is 18.5. The number of likely N-dealkylation sites (tertiary alicyclic amines) is 1. The maximum absolute atomic E-state index is 12.7. The Labute approximate surface area is 159 Å². The smallest absolute Gasteiger partial charge is 0.263 e. The quantitative estimate of drug-likeness (QED) is 0.835. The average molecular weight is 373 g/mol. The molecule has 2 aromatic rings. The van der Waals surface area contributed by atoms with Crippen molar-refractivity contribution in [2.75, 3.05) is 19.6 Å². The van der Waals surface area contributed by atoms with E-state index in [9.17, 15) is 4.79 Å². The van der Waals surface area contributed by atoms with E-state index in [4.69, 9.17) is 0 Å². The van der Waals surface area contributed by atoms with E-state index in [0.717, 1.165) is 28.7 Å². The number of pyridine rings is 1. The highest BCUT2D eigenvalue weighted by molar-refractivity contribution is 7.13. The van der Waals surface area contributed by atoms with E-state index in [1.165, 1.54) is 36.2 Å². The number of aromatic nitrogens is 2. The minimum atomic E-state index is -0.0159. The van der Waals surface area contributed by atoms with Gasteiger partial charge in [-0.3, -0.25) is 14.7 Å². The second kappa shape index (κ2) is 8.73. The van der Waals surface area contributed by atoms with Gasteiger partial charge in [-0.25, -0.2) is 4.98 Å². The van der Waals surface area contributed by atoms with E-state index in [0.29, 0.717) is 12.5 Å². The van der Waals surface area contributed by atoms with Crippen LogP contribution in [0.4, 0.5) is 0 Å². The predicted molar refractivity (Wildman–Crippen MR) is 106 cm³/mol. The summed E-state index contributed by atoms with van der Waals surface area (Å²) >= 11 is 1.51. The Hall–Kier alpha value is -1.79. The van der Waals surface area contributed by atoms with Crippen LogP contribution in [0.1, 0.15) is 71.0 Å². The van der Waals surface area contributed by atoms with Crippen LogP contribution in [-0.4, -0.2) is 40.4 Å². The Bertz CT molecular complexity index is 723. The normalized spacial score (nSPS) is 16.6. The highest BCUT2D eigenvalue weighted by atomic mass is 32.1. The van der Waals surface area contributed by atoms with Crippen molar-refractivity contribution in [3.63, 3.8) is 0 Å². The fourth-order valence-electron chi connectivity index (χ4n) is 3.41. The monoisotopic (exact) mass is 372 g/mol. The Morgan fingerprint density at radius 1 is 1.31 bits per heavy atom. The maximum atomic E-state index is 12.7. The van der Waals surface area contributed by atoms with Crippen LogP contribution in [0, 0.1) is 6.92 Å². The summed E-state index contributed by atoms with van der Waals surface area (Å²) in [6.07, 6.45) is 7.44. The third-order valence-electron chi connectivity index (χ3n) is 4.87. The number of carbonyl (C=O) groups excluding carboxylic acids is 1. The van der Waals surface area contributed by atoms with Gasteiger partial charge in [0.25, 0.3) is 5.91 Å². The van der Waals surface area contributed by atoms with Crippen molar-refractivity contribution in [2.45, 2.75) is 52.0 Å². The Balaban J connectivity index is 1.72. The number of hydrogen-bond acceptors (Lipinski definition) is 5. The van der Waals surface area contributed by atoms with Gasteiger partial charge in [-0.05, 0) is 44.5 Å². The first-order valence-corrected chi connectivity index (χ1v) is 10.3. The number of thiazole rings is 1. The largest absolute Gasteiger partial charge is 0.349 e. The molecule has 0 aliphatic carbocycles. The van der Waals surface area contributed by atoms with Crippen LogP contribution >= 0.6 is 11.3 Å². The van der Waals surface area contributed by atoms with E-state index >= 15 is 0 Å². The first-order chi connectivity index (χ1) is 12.6. The standard InChI is InChI=1S/C20H28N4OS/c1-14(2)20-23-15(3)18(26-20)19(25)22-13-17(16-8-7-9-21-12-16)24-10-5-4-6-11-24/h7-9,12,14,17H,4-6,10-11,13H2,1-3H3,(H,22,25)/t17-/m0/s1. The number of aryl methyl sites for hydroxylation is 1. The lowest BCUT2D eigenvalue weighted by atomic mass is 10.0. The van der Waals surface area contributed by atoms with Gasteiger partial charge in [0, 0.05) is 24.9 Å². The summed E-state index contributed by atoms with van der Waals surface area (Å²) in [7, 11) is 0. The lowest BCUT2D eigenvalue weighted by Crippen LogP contribution is -2.40. The van der Waals surface area contributed by atoms with Crippen LogP contribution in [0.15, 0.2) is 24.5 Å². The molecular formula is C20H28N4OS. The van der Waals surface area contributed by atoms with E-state index in [2.05, 4.69) is 40.1 Å². The van der Waals surface area contributed by atoms with E-state index in [1.54, 1.807) is 6.20 Å². The molecule has 1 N–H and O–H groups in total. The first kappa shape index (κ1) is 19.0. The molecule has 3 rings (SSSR count). The van der Waals surface area contributed by atoms with E-state index < -0.39 is 0 Å². The van der Waals surface area contributed by atoms with Crippen molar-refractivity contribution in [2.24, 2.45) is 0 Å². The third-order valence-corrected chi connectivity index (χ3v) is 6.33. The number of nitrogens with zero attached hydrogens (tertiary/aromatic N) is 3. The van der Waals surface area contributed by atoms with Crippen LogP contribution in [0.2, 0.25) is 0 Å². The van der Waals surface area contributed by atoms with Crippen molar-refractivity contribution in [3.8, 4) is 0 Å². The minimum Gasteiger partial charge on any atom is -0.349 e. The molecule has 1 aliphatic heterocycles. The fourth-order valence-corrected chi connectivity index (χ4v) is 4.39. The second-order valence-electron chi connectivity index (χ2n) is 7.23. The second-order valence-corrected chi connectivity index (χ2v) is 8.26. The number of piperidine rings is 1. The molecule has 0 spiro atoms. The van der Waals surface area contributed by atoms with Crippen LogP contribution in [-0.2, 0) is 0 Å². The summed E-state index contributed by atoms with van der Waals surface area (Å²) < 4.78 is 0. The third kappa shape index (κ3) is 4.48. The lowest BCUT2D eigenvalue weighted by molar-refractivity contribution is 0.0927. The molecule has 1 saturated heterocycles. The minimum absolute atomic E-state index is 0.0159. The van der Waals surface area contributed by atoms with Crippen molar-refractivity contribution in [3.05, 3.63) is 45.7 Å². The molecule has 0 saturated carbocycles. The molecular weight excluding hydrogens is 344 g/mol. The summed E-state index contributed by atoms with van der Waals surface area (Å²) in [6, 6.07) is 4.25. The number of carbonyl (C=O) groups is 1. The van der Waals surface area contributed by atoms with Gasteiger partial charge in [-0.15, -0.1) is 11.3 Å². The fraction of sp³-hybridized carbons (Fsp3) is 0.550. The maximum Gasteiger partial charge on any atom is 0.263 e. The summed E-state index contributed by atoms with van der Waals surface area (Å²) in [5.74, 6) is 0.328. The molecule has 5 nitrogen and oxygen atoms in total. The molecule has 0 bridgehead atoms. The number of nitrogens with one attached hydrogen (secondary N) is 1. The van der Waals surface area contributed by atoms with Crippen LogP contribution < -0.4 is 5.32 Å². The number of hydrogen-bond donors (Lipinski definition) is 1. The van der Waals surface area contributed by atoms with Gasteiger partial charge in [-0.1, -0.05) is 26.3 Å². The van der Waals surface area contributed by atoms with Crippen LogP contribution in [0.3, 0.4) is 0 Å². The number of amides is 1. The van der Waals surface area contributed by atoms with E-state index in [-0.39, 0.29) is 11.9 Å². The molecule has 1 atom stereocenters. The highest BCUT2D eigenvalue weighted by Crippen LogP contribution is 2.26. The topological polar surface area (TPSA) is 58.1 Å². The van der Waals surface area contributed by atoms with Crippen LogP contribution in [0.25, 0.3) is 0 Å². The molecule has 1 fully saturated rings. The Kier molecular flexibility index (Phi) is 6.38. The number of rotatable bonds is 6. The van der Waals surface area contributed by atoms with Gasteiger partial charge in [0.1, 0.15) is 4.88 Å². The zero-order valence-corrected chi connectivity index (χ0v) is 16.7. The summed E-state index contributed by atoms with van der Waals surface area (Å²) in [5, 5.41) is 4.17. The summed E-state index contributed by atoms with van der Waals surface area (Å²) in [6.45, 7) is 8.88. The zero-order valence-electron chi connectivity index (χ0n) is 15.9. The summed E-state index contributed by atoms with van der Waals surface area (Å²) in [4.78, 5) is 24.8. The van der Waals surface area contributed by atoms with Crippen molar-refractivity contribution < 1.29 is 4.79 Å². The average Bonchev–Trinajstić information content (AvgIpc) is 3.06.